The summed E-state index contributed by atoms with van der Waals surface area (Å²) in [7, 11) is 0. The lowest BCUT2D eigenvalue weighted by Crippen LogP contribution is -2.31. The lowest BCUT2D eigenvalue weighted by molar-refractivity contribution is -0.117. The monoisotopic (exact) mass is 366 g/mol. The van der Waals surface area contributed by atoms with Crippen LogP contribution in [-0.2, 0) is 17.8 Å². The minimum Gasteiger partial charge on any atom is -0.367 e. The maximum Gasteiger partial charge on any atom is 0.224 e. The first-order valence-corrected chi connectivity index (χ1v) is 9.77. The van der Waals surface area contributed by atoms with Crippen LogP contribution in [0.5, 0.6) is 0 Å². The van der Waals surface area contributed by atoms with Crippen LogP contribution >= 0.6 is 0 Å². The van der Waals surface area contributed by atoms with E-state index in [-0.39, 0.29) is 17.1 Å². The van der Waals surface area contributed by atoms with Crippen molar-refractivity contribution in [3.8, 4) is 0 Å². The highest BCUT2D eigenvalue weighted by Gasteiger charge is 2.39. The molecule has 0 bridgehead atoms. The number of amides is 1. The Balaban J connectivity index is 1.55. The Morgan fingerprint density at radius 3 is 2.59 bits per heavy atom. The largest absolute Gasteiger partial charge is 0.367 e. The molecule has 1 saturated carbocycles. The maximum absolute atomic E-state index is 13.2. The van der Waals surface area contributed by atoms with Crippen molar-refractivity contribution in [1.29, 1.82) is 0 Å². The molecule has 0 spiro atoms. The number of aryl methyl sites for hydroxylation is 1. The number of halogens is 1. The molecule has 0 atom stereocenters. The molecule has 1 fully saturated rings. The molecule has 1 N–H and O–H groups in total. The van der Waals surface area contributed by atoms with E-state index in [0.717, 1.165) is 49.3 Å². The normalized spacial score (nSPS) is 17.4. The molecule has 4 rings (SSSR count). The Labute approximate surface area is 160 Å². The number of carbonyl (C=O) groups is 1. The predicted molar refractivity (Wildman–Crippen MR) is 108 cm³/mol. The average Bonchev–Trinajstić information content (AvgIpc) is 3.35. The van der Waals surface area contributed by atoms with Crippen molar-refractivity contribution in [1.82, 2.24) is 0 Å². The predicted octanol–water partition coefficient (Wildman–Crippen LogP) is 5.13. The number of carbonyl (C=O) groups excluding carboxylic acids is 1. The Kier molecular flexibility index (Phi) is 4.45. The van der Waals surface area contributed by atoms with Crippen LogP contribution in [0, 0.1) is 25.1 Å². The van der Waals surface area contributed by atoms with Gasteiger partial charge in [0.05, 0.1) is 0 Å². The van der Waals surface area contributed by atoms with Crippen molar-refractivity contribution in [3.05, 3.63) is 58.4 Å². The van der Waals surface area contributed by atoms with E-state index < -0.39 is 0 Å². The zero-order valence-corrected chi connectivity index (χ0v) is 16.4. The molecule has 2 aromatic rings. The molecule has 1 heterocycles. The summed E-state index contributed by atoms with van der Waals surface area (Å²) in [5, 5.41) is 3.18. The Bertz CT molecular complexity index is 884. The minimum atomic E-state index is -0.205. The second-order valence-corrected chi connectivity index (χ2v) is 8.51. The summed E-state index contributed by atoms with van der Waals surface area (Å²) in [6.45, 7) is 8.08. The van der Waals surface area contributed by atoms with Gasteiger partial charge in [-0.3, -0.25) is 4.79 Å². The van der Waals surface area contributed by atoms with Crippen molar-refractivity contribution >= 4 is 17.3 Å². The van der Waals surface area contributed by atoms with E-state index in [1.54, 1.807) is 0 Å². The van der Waals surface area contributed by atoms with Gasteiger partial charge in [-0.1, -0.05) is 13.0 Å². The van der Waals surface area contributed by atoms with Gasteiger partial charge in [0.1, 0.15) is 5.82 Å². The number of fused-ring (bicyclic) bond motifs is 1. The van der Waals surface area contributed by atoms with Gasteiger partial charge in [0.2, 0.25) is 5.91 Å². The Morgan fingerprint density at radius 2 is 1.93 bits per heavy atom. The van der Waals surface area contributed by atoms with Crippen molar-refractivity contribution < 1.29 is 9.18 Å². The fourth-order valence-corrected chi connectivity index (χ4v) is 4.15. The lowest BCUT2D eigenvalue weighted by Gasteiger charge is -2.33. The summed E-state index contributed by atoms with van der Waals surface area (Å²) in [5.74, 6) is -0.0758. The van der Waals surface area contributed by atoms with Crippen LogP contribution in [-0.4, -0.2) is 12.5 Å². The smallest absolute Gasteiger partial charge is 0.224 e. The molecule has 1 aliphatic carbocycles. The number of nitrogens with zero attached hydrogens (tertiary/aromatic N) is 1. The van der Waals surface area contributed by atoms with Crippen LogP contribution in [0.4, 0.5) is 15.8 Å². The Hall–Kier alpha value is -2.36. The third-order valence-corrected chi connectivity index (χ3v) is 6.14. The second kappa shape index (κ2) is 6.66. The van der Waals surface area contributed by atoms with Gasteiger partial charge >= 0.3 is 0 Å². The molecule has 2 aliphatic rings. The summed E-state index contributed by atoms with van der Waals surface area (Å²) >= 11 is 0. The highest BCUT2D eigenvalue weighted by molar-refractivity contribution is 5.93. The van der Waals surface area contributed by atoms with Gasteiger partial charge in [-0.2, -0.15) is 0 Å². The third kappa shape index (κ3) is 3.71. The molecule has 1 amide bonds. The minimum absolute atomic E-state index is 0.130. The standard InChI is InChI=1S/C23H27FN2O/c1-15-12-17-14-26(19-6-4-18(24)5-7-19)11-8-20(17)16(2)22(15)25-21(27)13-23(3)9-10-23/h4-7,12H,8-11,13-14H2,1-3H3,(H,25,27). The van der Waals surface area contributed by atoms with E-state index in [2.05, 4.69) is 37.1 Å². The number of hydrogen-bond donors (Lipinski definition) is 1. The molecule has 4 heteroatoms. The first-order valence-electron chi connectivity index (χ1n) is 9.77. The van der Waals surface area contributed by atoms with Gasteiger partial charge in [0.25, 0.3) is 0 Å². The molecular weight excluding hydrogens is 339 g/mol. The fourth-order valence-electron chi connectivity index (χ4n) is 4.15. The van der Waals surface area contributed by atoms with Crippen molar-refractivity contribution in [2.45, 2.75) is 53.0 Å². The van der Waals surface area contributed by atoms with E-state index in [0.29, 0.717) is 6.42 Å². The number of rotatable bonds is 4. The van der Waals surface area contributed by atoms with Gasteiger partial charge in [-0.25, -0.2) is 4.39 Å². The summed E-state index contributed by atoms with van der Waals surface area (Å²) in [4.78, 5) is 14.7. The Morgan fingerprint density at radius 1 is 1.22 bits per heavy atom. The fraction of sp³-hybridized carbons (Fsp3) is 0.435. The molecule has 0 aromatic heterocycles. The van der Waals surface area contributed by atoms with Crippen molar-refractivity contribution in [3.63, 3.8) is 0 Å². The third-order valence-electron chi connectivity index (χ3n) is 6.14. The van der Waals surface area contributed by atoms with Gasteiger partial charge in [0, 0.05) is 30.9 Å². The molecule has 2 aromatic carbocycles. The highest BCUT2D eigenvalue weighted by atomic mass is 19.1. The van der Waals surface area contributed by atoms with Crippen molar-refractivity contribution in [2.24, 2.45) is 5.41 Å². The van der Waals surface area contributed by atoms with Crippen LogP contribution in [0.2, 0.25) is 0 Å². The quantitative estimate of drug-likeness (QED) is 0.813. The van der Waals surface area contributed by atoms with Gasteiger partial charge < -0.3 is 10.2 Å². The summed E-state index contributed by atoms with van der Waals surface area (Å²) in [5.41, 5.74) is 7.19. The molecule has 0 radical (unpaired) electrons. The molecule has 27 heavy (non-hydrogen) atoms. The number of nitrogens with one attached hydrogen (secondary N) is 1. The molecule has 0 saturated heterocycles. The van der Waals surface area contributed by atoms with Crippen LogP contribution in [0.25, 0.3) is 0 Å². The number of hydrogen-bond acceptors (Lipinski definition) is 2. The molecule has 1 aliphatic heterocycles. The number of benzene rings is 2. The summed E-state index contributed by atoms with van der Waals surface area (Å²) in [6.07, 6.45) is 3.85. The molecular formula is C23H27FN2O. The summed E-state index contributed by atoms with van der Waals surface area (Å²) < 4.78 is 13.2. The first kappa shape index (κ1) is 18.0. The van der Waals surface area contributed by atoms with E-state index in [1.807, 2.05) is 12.1 Å². The highest BCUT2D eigenvalue weighted by Crippen LogP contribution is 2.48. The molecule has 3 nitrogen and oxygen atoms in total. The van der Waals surface area contributed by atoms with E-state index in [1.165, 1.54) is 28.8 Å². The van der Waals surface area contributed by atoms with E-state index in [9.17, 15) is 9.18 Å². The van der Waals surface area contributed by atoms with Gasteiger partial charge in [-0.15, -0.1) is 0 Å². The second-order valence-electron chi connectivity index (χ2n) is 8.51. The maximum atomic E-state index is 13.2. The van der Waals surface area contributed by atoms with E-state index >= 15 is 0 Å². The SMILES string of the molecule is Cc1cc2c(c(C)c1NC(=O)CC1(C)CC1)CCN(c1ccc(F)cc1)C2. The van der Waals surface area contributed by atoms with Crippen molar-refractivity contribution in [2.75, 3.05) is 16.8 Å². The molecule has 0 unspecified atom stereocenters. The zero-order valence-electron chi connectivity index (χ0n) is 16.4. The topological polar surface area (TPSA) is 32.3 Å². The lowest BCUT2D eigenvalue weighted by atomic mass is 9.91. The van der Waals surface area contributed by atoms with E-state index in [4.69, 9.17) is 0 Å². The summed E-state index contributed by atoms with van der Waals surface area (Å²) in [6, 6.07) is 8.91. The van der Waals surface area contributed by atoms with Crippen LogP contribution in [0.3, 0.4) is 0 Å². The van der Waals surface area contributed by atoms with Gasteiger partial charge in [0.15, 0.2) is 0 Å². The van der Waals surface area contributed by atoms with Crippen LogP contribution in [0.15, 0.2) is 30.3 Å². The van der Waals surface area contributed by atoms with Gasteiger partial charge in [-0.05, 0) is 85.0 Å². The molecule has 142 valence electrons. The zero-order chi connectivity index (χ0) is 19.2. The van der Waals surface area contributed by atoms with Crippen LogP contribution < -0.4 is 10.2 Å². The first-order chi connectivity index (χ1) is 12.8. The average molecular weight is 366 g/mol. The number of anilines is 2. The van der Waals surface area contributed by atoms with Crippen LogP contribution in [0.1, 0.15) is 48.4 Å².